The van der Waals surface area contributed by atoms with E-state index in [0.29, 0.717) is 12.1 Å². The number of hydrogen-bond acceptors (Lipinski definition) is 3. The maximum atomic E-state index is 11.9. The van der Waals surface area contributed by atoms with Gasteiger partial charge in [0.25, 0.3) is 5.91 Å². The number of pyridine rings is 1. The van der Waals surface area contributed by atoms with Gasteiger partial charge in [-0.3, -0.25) is 9.78 Å². The monoisotopic (exact) mass is 284 g/mol. The quantitative estimate of drug-likeness (QED) is 0.917. The molecule has 0 unspecified atom stereocenters. The van der Waals surface area contributed by atoms with Crippen LogP contribution in [0.2, 0.25) is 0 Å². The minimum atomic E-state index is -0.0810. The number of methoxy groups -OCH3 is 1. The lowest BCUT2D eigenvalue weighted by Crippen LogP contribution is -2.22. The van der Waals surface area contributed by atoms with Crippen molar-refractivity contribution in [2.45, 2.75) is 20.0 Å². The molecule has 4 heteroatoms. The molecule has 1 N–H and O–H groups in total. The van der Waals surface area contributed by atoms with Gasteiger partial charge < -0.3 is 10.1 Å². The largest absolute Gasteiger partial charge is 0.377 e. The topological polar surface area (TPSA) is 51.2 Å². The van der Waals surface area contributed by atoms with Gasteiger partial charge in [-0.2, -0.15) is 0 Å². The number of carbonyl (C=O) groups excluding carboxylic acids is 1. The van der Waals surface area contributed by atoms with E-state index < -0.39 is 0 Å². The Morgan fingerprint density at radius 1 is 1.33 bits per heavy atom. The zero-order chi connectivity index (χ0) is 15.2. The molecule has 4 nitrogen and oxygen atoms in total. The van der Waals surface area contributed by atoms with Crippen LogP contribution in [0.5, 0.6) is 0 Å². The SMILES string of the molecule is CCNC(=O)c1ccnc(-c2cccc([C@H](C)OC)c2)c1. The van der Waals surface area contributed by atoms with Crippen molar-refractivity contribution in [3.8, 4) is 11.3 Å². The highest BCUT2D eigenvalue weighted by Gasteiger charge is 2.09. The molecule has 1 amide bonds. The number of nitrogens with zero attached hydrogens (tertiary/aromatic N) is 1. The minimum absolute atomic E-state index is 0.0246. The van der Waals surface area contributed by atoms with Gasteiger partial charge in [-0.15, -0.1) is 0 Å². The van der Waals surface area contributed by atoms with E-state index >= 15 is 0 Å². The average Bonchev–Trinajstić information content (AvgIpc) is 2.54. The summed E-state index contributed by atoms with van der Waals surface area (Å²) in [6, 6.07) is 11.5. The van der Waals surface area contributed by atoms with Gasteiger partial charge in [0.1, 0.15) is 0 Å². The highest BCUT2D eigenvalue weighted by molar-refractivity contribution is 5.95. The summed E-state index contributed by atoms with van der Waals surface area (Å²) < 4.78 is 5.34. The van der Waals surface area contributed by atoms with Crippen molar-refractivity contribution in [3.63, 3.8) is 0 Å². The summed E-state index contributed by atoms with van der Waals surface area (Å²) in [7, 11) is 1.69. The van der Waals surface area contributed by atoms with E-state index in [2.05, 4.69) is 10.3 Å². The third-order valence-corrected chi connectivity index (χ3v) is 3.36. The Hall–Kier alpha value is -2.20. The lowest BCUT2D eigenvalue weighted by molar-refractivity contribution is 0.0955. The molecule has 1 aromatic carbocycles. The Balaban J connectivity index is 2.34. The van der Waals surface area contributed by atoms with Crippen LogP contribution in [0.25, 0.3) is 11.3 Å². The molecule has 110 valence electrons. The number of aromatic nitrogens is 1. The maximum Gasteiger partial charge on any atom is 0.251 e. The molecule has 0 saturated carbocycles. The van der Waals surface area contributed by atoms with Crippen molar-refractivity contribution >= 4 is 5.91 Å². The predicted molar refractivity (Wildman–Crippen MR) is 83.1 cm³/mol. The van der Waals surface area contributed by atoms with Crippen LogP contribution >= 0.6 is 0 Å². The van der Waals surface area contributed by atoms with E-state index in [1.807, 2.05) is 44.2 Å². The molecule has 0 fully saturated rings. The summed E-state index contributed by atoms with van der Waals surface area (Å²) in [5.74, 6) is -0.0810. The van der Waals surface area contributed by atoms with Crippen molar-refractivity contribution in [2.24, 2.45) is 0 Å². The van der Waals surface area contributed by atoms with Gasteiger partial charge in [-0.1, -0.05) is 18.2 Å². The number of ether oxygens (including phenoxy) is 1. The lowest BCUT2D eigenvalue weighted by atomic mass is 10.0. The average molecular weight is 284 g/mol. The molecule has 0 saturated heterocycles. The van der Waals surface area contributed by atoms with E-state index in [-0.39, 0.29) is 12.0 Å². The van der Waals surface area contributed by atoms with E-state index in [4.69, 9.17) is 4.74 Å². The van der Waals surface area contributed by atoms with Gasteiger partial charge >= 0.3 is 0 Å². The van der Waals surface area contributed by atoms with Crippen molar-refractivity contribution in [3.05, 3.63) is 53.7 Å². The van der Waals surface area contributed by atoms with Gasteiger partial charge in [0, 0.05) is 31.0 Å². The molecule has 21 heavy (non-hydrogen) atoms. The van der Waals surface area contributed by atoms with E-state index in [1.165, 1.54) is 0 Å². The van der Waals surface area contributed by atoms with Crippen molar-refractivity contribution in [1.82, 2.24) is 10.3 Å². The van der Waals surface area contributed by atoms with E-state index in [1.54, 1.807) is 19.4 Å². The molecule has 0 aliphatic heterocycles. The molecule has 1 atom stereocenters. The van der Waals surface area contributed by atoms with Gasteiger partial charge in [-0.05, 0) is 37.6 Å². The first-order valence-electron chi connectivity index (χ1n) is 7.03. The molecule has 1 aromatic heterocycles. The Morgan fingerprint density at radius 3 is 2.86 bits per heavy atom. The Bertz CT molecular complexity index is 626. The molecule has 2 aromatic rings. The van der Waals surface area contributed by atoms with Crippen LogP contribution in [0.1, 0.15) is 35.9 Å². The summed E-state index contributed by atoms with van der Waals surface area (Å²) >= 11 is 0. The van der Waals surface area contributed by atoms with Crippen LogP contribution in [0, 0.1) is 0 Å². The highest BCUT2D eigenvalue weighted by Crippen LogP contribution is 2.23. The first-order valence-corrected chi connectivity index (χ1v) is 7.03. The first kappa shape index (κ1) is 15.2. The summed E-state index contributed by atoms with van der Waals surface area (Å²) in [4.78, 5) is 16.2. The molecular formula is C17H20N2O2. The molecule has 1 heterocycles. The predicted octanol–water partition coefficient (Wildman–Crippen LogP) is 3.21. The van der Waals surface area contributed by atoms with Crippen LogP contribution in [-0.2, 0) is 4.74 Å². The standard InChI is InChI=1S/C17H20N2O2/c1-4-18-17(20)15-8-9-19-16(11-15)14-7-5-6-13(10-14)12(2)21-3/h5-12H,4H2,1-3H3,(H,18,20)/t12-/m0/s1. The summed E-state index contributed by atoms with van der Waals surface area (Å²) in [6.45, 7) is 4.50. The Morgan fingerprint density at radius 2 is 2.14 bits per heavy atom. The third kappa shape index (κ3) is 3.67. The van der Waals surface area contributed by atoms with Gasteiger partial charge in [0.2, 0.25) is 0 Å². The lowest BCUT2D eigenvalue weighted by Gasteiger charge is -2.11. The fourth-order valence-corrected chi connectivity index (χ4v) is 2.08. The van der Waals surface area contributed by atoms with Crippen molar-refractivity contribution in [2.75, 3.05) is 13.7 Å². The second-order valence-corrected chi connectivity index (χ2v) is 4.79. The van der Waals surface area contributed by atoms with Crippen LogP contribution in [0.15, 0.2) is 42.6 Å². The number of benzene rings is 1. The highest BCUT2D eigenvalue weighted by atomic mass is 16.5. The van der Waals surface area contributed by atoms with Gasteiger partial charge in [0.05, 0.1) is 11.8 Å². The number of amides is 1. The maximum absolute atomic E-state index is 11.9. The number of rotatable bonds is 5. The molecule has 0 aliphatic rings. The van der Waals surface area contributed by atoms with E-state index in [0.717, 1.165) is 16.8 Å². The zero-order valence-electron chi connectivity index (χ0n) is 12.6. The zero-order valence-corrected chi connectivity index (χ0v) is 12.6. The second kappa shape index (κ2) is 6.99. The second-order valence-electron chi connectivity index (χ2n) is 4.79. The van der Waals surface area contributed by atoms with Crippen LogP contribution < -0.4 is 5.32 Å². The molecular weight excluding hydrogens is 264 g/mol. The van der Waals surface area contributed by atoms with Crippen molar-refractivity contribution < 1.29 is 9.53 Å². The first-order chi connectivity index (χ1) is 10.2. The Labute approximate surface area is 125 Å². The number of carbonyl (C=O) groups is 1. The van der Waals surface area contributed by atoms with Gasteiger partial charge in [0.15, 0.2) is 0 Å². The van der Waals surface area contributed by atoms with Crippen molar-refractivity contribution in [1.29, 1.82) is 0 Å². The normalized spacial score (nSPS) is 12.0. The third-order valence-electron chi connectivity index (χ3n) is 3.36. The Kier molecular flexibility index (Phi) is 5.06. The van der Waals surface area contributed by atoms with Crippen LogP contribution in [-0.4, -0.2) is 24.5 Å². The molecule has 0 spiro atoms. The summed E-state index contributed by atoms with van der Waals surface area (Å²) in [5, 5.41) is 2.79. The fourth-order valence-electron chi connectivity index (χ4n) is 2.08. The van der Waals surface area contributed by atoms with Crippen LogP contribution in [0.3, 0.4) is 0 Å². The molecule has 0 radical (unpaired) electrons. The summed E-state index contributed by atoms with van der Waals surface area (Å²) in [5.41, 5.74) is 3.46. The number of hydrogen-bond donors (Lipinski definition) is 1. The van der Waals surface area contributed by atoms with Gasteiger partial charge in [-0.25, -0.2) is 0 Å². The van der Waals surface area contributed by atoms with E-state index in [9.17, 15) is 4.79 Å². The molecule has 0 bridgehead atoms. The molecule has 0 aliphatic carbocycles. The summed E-state index contributed by atoms with van der Waals surface area (Å²) in [6.07, 6.45) is 1.68. The van der Waals surface area contributed by atoms with Crippen LogP contribution in [0.4, 0.5) is 0 Å². The fraction of sp³-hybridized carbons (Fsp3) is 0.294. The smallest absolute Gasteiger partial charge is 0.251 e. The minimum Gasteiger partial charge on any atom is -0.377 e. The molecule has 2 rings (SSSR count). The number of nitrogens with one attached hydrogen (secondary N) is 1.